The summed E-state index contributed by atoms with van der Waals surface area (Å²) in [5.74, 6) is -0.209. The SMILES string of the molecule is O=C1[C@@H]2[C@H](C(=O)N1/N=C\c1ccc(-c3ccc([N+](=O)[O-])cc3Cl)o1)[C@H]1C=C[C@H]2CC1. The molecule has 2 bridgehead atoms. The van der Waals surface area contributed by atoms with Gasteiger partial charge in [0.25, 0.3) is 17.5 Å². The second kappa shape index (κ2) is 6.91. The Labute approximate surface area is 175 Å². The number of hydrogen-bond acceptors (Lipinski definition) is 6. The molecule has 152 valence electrons. The fourth-order valence-electron chi connectivity index (χ4n) is 4.67. The Kier molecular flexibility index (Phi) is 4.32. The Morgan fingerprint density at radius 1 is 1.10 bits per heavy atom. The van der Waals surface area contributed by atoms with Crippen LogP contribution in [0.2, 0.25) is 5.02 Å². The fourth-order valence-corrected chi connectivity index (χ4v) is 4.94. The fraction of sp³-hybridized carbons (Fsp3) is 0.286. The first-order valence-corrected chi connectivity index (χ1v) is 9.96. The molecule has 0 radical (unpaired) electrons. The maximum absolute atomic E-state index is 12.8. The van der Waals surface area contributed by atoms with Gasteiger partial charge in [0.05, 0.1) is 28.0 Å². The molecule has 1 saturated heterocycles. The number of fused-ring (bicyclic) bond motifs is 1. The highest BCUT2D eigenvalue weighted by Crippen LogP contribution is 2.49. The quantitative estimate of drug-likeness (QED) is 0.241. The average Bonchev–Trinajstić information content (AvgIpc) is 3.31. The summed E-state index contributed by atoms with van der Waals surface area (Å²) in [5.41, 5.74) is 0.372. The van der Waals surface area contributed by atoms with Gasteiger partial charge < -0.3 is 4.42 Å². The Morgan fingerprint density at radius 2 is 1.77 bits per heavy atom. The lowest BCUT2D eigenvalue weighted by atomic mass is 9.63. The number of non-ortho nitro benzene ring substituents is 1. The number of benzene rings is 1. The number of furan rings is 1. The van der Waals surface area contributed by atoms with Crippen molar-refractivity contribution < 1.29 is 18.9 Å². The summed E-state index contributed by atoms with van der Waals surface area (Å²) in [4.78, 5) is 35.9. The number of halogens is 1. The van der Waals surface area contributed by atoms with E-state index in [9.17, 15) is 19.7 Å². The molecule has 30 heavy (non-hydrogen) atoms. The summed E-state index contributed by atoms with van der Waals surface area (Å²) in [6.07, 6.45) is 7.29. The number of nitro groups is 1. The summed E-state index contributed by atoms with van der Waals surface area (Å²) in [5, 5.41) is 16.1. The molecule has 9 heteroatoms. The molecule has 2 amide bonds. The standard InChI is InChI=1S/C21H16ClN3O5/c22-16-9-13(25(28)29)5-7-15(16)17-8-6-14(30-17)10-23-24-20(26)18-11-1-2-12(4-3-11)19(18)21(24)27/h1-2,5-12,18-19H,3-4H2/b23-10-/t11-,12-,18-,19+/m0/s1. The van der Waals surface area contributed by atoms with Crippen LogP contribution in [0.15, 0.2) is 52.0 Å². The molecule has 1 aromatic carbocycles. The largest absolute Gasteiger partial charge is 0.455 e. The molecule has 6 rings (SSSR count). The molecule has 1 aromatic heterocycles. The van der Waals surface area contributed by atoms with Gasteiger partial charge in [-0.1, -0.05) is 23.8 Å². The van der Waals surface area contributed by atoms with E-state index in [1.807, 2.05) is 0 Å². The minimum Gasteiger partial charge on any atom is -0.455 e. The zero-order chi connectivity index (χ0) is 21.0. The third-order valence-corrected chi connectivity index (χ3v) is 6.40. The van der Waals surface area contributed by atoms with Crippen LogP contribution in [0.3, 0.4) is 0 Å². The van der Waals surface area contributed by atoms with Gasteiger partial charge in [0.15, 0.2) is 0 Å². The van der Waals surface area contributed by atoms with Crippen LogP contribution < -0.4 is 0 Å². The van der Waals surface area contributed by atoms with Gasteiger partial charge in [-0.05, 0) is 42.9 Å². The smallest absolute Gasteiger partial charge is 0.270 e. The first-order valence-electron chi connectivity index (χ1n) is 9.58. The number of rotatable bonds is 4. The molecular formula is C21H16ClN3O5. The van der Waals surface area contributed by atoms with Crippen LogP contribution in [-0.2, 0) is 9.59 Å². The van der Waals surface area contributed by atoms with Crippen molar-refractivity contribution in [2.24, 2.45) is 28.8 Å². The lowest BCUT2D eigenvalue weighted by Crippen LogP contribution is -2.38. The van der Waals surface area contributed by atoms with Crippen LogP contribution in [-0.4, -0.2) is 28.0 Å². The van der Waals surface area contributed by atoms with E-state index < -0.39 is 4.92 Å². The van der Waals surface area contributed by atoms with E-state index in [-0.39, 0.29) is 46.2 Å². The van der Waals surface area contributed by atoms with E-state index in [0.29, 0.717) is 17.1 Å². The minimum atomic E-state index is -0.528. The van der Waals surface area contributed by atoms with Gasteiger partial charge in [-0.25, -0.2) is 0 Å². The molecule has 3 aliphatic carbocycles. The first-order chi connectivity index (χ1) is 14.4. The van der Waals surface area contributed by atoms with Crippen LogP contribution in [0.5, 0.6) is 0 Å². The van der Waals surface area contributed by atoms with Gasteiger partial charge in [-0.2, -0.15) is 10.1 Å². The number of amides is 2. The number of nitro benzene ring substituents is 1. The number of nitrogens with zero attached hydrogens (tertiary/aromatic N) is 3. The molecule has 2 heterocycles. The van der Waals surface area contributed by atoms with Gasteiger partial charge in [0.1, 0.15) is 11.5 Å². The van der Waals surface area contributed by atoms with E-state index >= 15 is 0 Å². The number of allylic oxidation sites excluding steroid dienone is 2. The summed E-state index contributed by atoms with van der Waals surface area (Å²) < 4.78 is 5.69. The molecule has 4 atom stereocenters. The van der Waals surface area contributed by atoms with E-state index in [1.165, 1.54) is 24.4 Å². The van der Waals surface area contributed by atoms with Gasteiger partial charge in [0.2, 0.25) is 0 Å². The zero-order valence-corrected chi connectivity index (χ0v) is 16.4. The summed E-state index contributed by atoms with van der Waals surface area (Å²) in [6, 6.07) is 7.36. The zero-order valence-electron chi connectivity index (χ0n) is 15.6. The van der Waals surface area contributed by atoms with Crippen molar-refractivity contribution in [3.63, 3.8) is 0 Å². The summed E-state index contributed by atoms with van der Waals surface area (Å²) >= 11 is 6.14. The number of hydrazone groups is 1. The lowest BCUT2D eigenvalue weighted by molar-refractivity contribution is -0.384. The average molecular weight is 426 g/mol. The van der Waals surface area contributed by atoms with Crippen molar-refractivity contribution in [1.29, 1.82) is 0 Å². The number of imide groups is 1. The minimum absolute atomic E-state index is 0.108. The molecule has 1 saturated carbocycles. The van der Waals surface area contributed by atoms with Crippen molar-refractivity contribution in [2.45, 2.75) is 12.8 Å². The van der Waals surface area contributed by atoms with Gasteiger partial charge >= 0.3 is 0 Å². The highest BCUT2D eigenvalue weighted by molar-refractivity contribution is 6.33. The van der Waals surface area contributed by atoms with Crippen LogP contribution in [0.25, 0.3) is 11.3 Å². The van der Waals surface area contributed by atoms with Crippen LogP contribution >= 0.6 is 11.6 Å². The number of hydrogen-bond donors (Lipinski definition) is 0. The van der Waals surface area contributed by atoms with Crippen LogP contribution in [0.1, 0.15) is 18.6 Å². The Balaban J connectivity index is 1.36. The van der Waals surface area contributed by atoms with E-state index in [4.69, 9.17) is 16.0 Å². The highest BCUT2D eigenvalue weighted by Gasteiger charge is 2.56. The van der Waals surface area contributed by atoms with Crippen LogP contribution in [0, 0.1) is 33.8 Å². The molecule has 0 unspecified atom stereocenters. The van der Waals surface area contributed by atoms with Crippen molar-refractivity contribution in [3.8, 4) is 11.3 Å². The van der Waals surface area contributed by atoms with Crippen molar-refractivity contribution in [1.82, 2.24) is 5.01 Å². The van der Waals surface area contributed by atoms with Crippen LogP contribution in [0.4, 0.5) is 5.69 Å². The molecule has 2 fully saturated rings. The number of carbonyl (C=O) groups excluding carboxylic acids is 2. The topological polar surface area (TPSA) is 106 Å². The summed E-state index contributed by atoms with van der Waals surface area (Å²) in [7, 11) is 0. The Bertz CT molecular complexity index is 1110. The predicted molar refractivity (Wildman–Crippen MR) is 108 cm³/mol. The summed E-state index contributed by atoms with van der Waals surface area (Å²) in [6.45, 7) is 0. The van der Waals surface area contributed by atoms with Crippen molar-refractivity contribution in [2.75, 3.05) is 0 Å². The third kappa shape index (κ3) is 2.87. The van der Waals surface area contributed by atoms with Gasteiger partial charge in [-0.15, -0.1) is 0 Å². The van der Waals surface area contributed by atoms with E-state index in [1.54, 1.807) is 12.1 Å². The molecule has 2 aromatic rings. The number of carbonyl (C=O) groups is 2. The monoisotopic (exact) mass is 425 g/mol. The highest BCUT2D eigenvalue weighted by atomic mass is 35.5. The molecule has 4 aliphatic rings. The molecule has 8 nitrogen and oxygen atoms in total. The van der Waals surface area contributed by atoms with Crippen molar-refractivity contribution in [3.05, 3.63) is 63.4 Å². The third-order valence-electron chi connectivity index (χ3n) is 6.09. The second-order valence-corrected chi connectivity index (χ2v) is 8.10. The molecule has 1 aliphatic heterocycles. The van der Waals surface area contributed by atoms with Crippen molar-refractivity contribution >= 4 is 35.3 Å². The molecule has 0 spiro atoms. The van der Waals surface area contributed by atoms with E-state index in [0.717, 1.165) is 17.9 Å². The molecular weight excluding hydrogens is 410 g/mol. The predicted octanol–water partition coefficient (Wildman–Crippen LogP) is 4.04. The normalized spacial score (nSPS) is 27.3. The van der Waals surface area contributed by atoms with E-state index in [2.05, 4.69) is 17.3 Å². The van der Waals surface area contributed by atoms with Gasteiger partial charge in [-0.3, -0.25) is 19.7 Å². The van der Waals surface area contributed by atoms with Gasteiger partial charge in [0, 0.05) is 17.7 Å². The maximum atomic E-state index is 12.8. The Hall–Kier alpha value is -3.26. The second-order valence-electron chi connectivity index (χ2n) is 7.70. The maximum Gasteiger partial charge on any atom is 0.270 e. The first kappa shape index (κ1) is 18.7. The lowest BCUT2D eigenvalue weighted by Gasteiger charge is -2.37. The Morgan fingerprint density at radius 3 is 2.33 bits per heavy atom. The molecule has 0 N–H and O–H groups in total.